The van der Waals surface area contributed by atoms with Crippen molar-refractivity contribution in [1.29, 1.82) is 0 Å². The van der Waals surface area contributed by atoms with E-state index in [0.29, 0.717) is 10.1 Å². The summed E-state index contributed by atoms with van der Waals surface area (Å²) < 4.78 is 38.3. The molecule has 1 aromatic carbocycles. The van der Waals surface area contributed by atoms with Crippen molar-refractivity contribution in [3.8, 4) is 0 Å². The van der Waals surface area contributed by atoms with Crippen LogP contribution in [0.4, 0.5) is 13.2 Å². The topological polar surface area (TPSA) is 26.0 Å². The van der Waals surface area contributed by atoms with Gasteiger partial charge >= 0.3 is 6.18 Å². The zero-order valence-corrected chi connectivity index (χ0v) is 9.66. The zero-order valence-electron chi connectivity index (χ0n) is 8.84. The van der Waals surface area contributed by atoms with E-state index in [9.17, 15) is 13.2 Å². The Morgan fingerprint density at radius 2 is 1.88 bits per heavy atom. The average molecular weight is 257 g/mol. The van der Waals surface area contributed by atoms with Gasteiger partial charge in [-0.2, -0.15) is 13.2 Å². The second-order valence-electron chi connectivity index (χ2n) is 4.52. The predicted octanol–water partition coefficient (Wildman–Crippen LogP) is 3.87. The van der Waals surface area contributed by atoms with Gasteiger partial charge in [-0.3, -0.25) is 0 Å². The summed E-state index contributed by atoms with van der Waals surface area (Å²) in [5, 5.41) is 0.636. The molecule has 1 nitrogen and oxygen atoms in total. The third-order valence-electron chi connectivity index (χ3n) is 3.16. The van der Waals surface area contributed by atoms with Crippen molar-refractivity contribution in [3.63, 3.8) is 0 Å². The Kier molecular flexibility index (Phi) is 2.10. The molecule has 0 aliphatic heterocycles. The fourth-order valence-electron chi connectivity index (χ4n) is 1.92. The highest BCUT2D eigenvalue weighted by Crippen LogP contribution is 2.45. The number of rotatable bonds is 1. The van der Waals surface area contributed by atoms with Gasteiger partial charge in [0.1, 0.15) is 4.88 Å². The number of thiophene rings is 1. The zero-order chi connectivity index (χ0) is 12.3. The standard InChI is InChI=1S/C12H10F3NS/c13-12(14,15)10-6-7-5-8(11(16)3-4-11)1-2-9(7)17-10/h1-2,5-6H,3-4,16H2. The van der Waals surface area contributed by atoms with Crippen molar-refractivity contribution in [2.24, 2.45) is 5.73 Å². The molecule has 0 spiro atoms. The molecule has 0 saturated heterocycles. The minimum atomic E-state index is -4.26. The third kappa shape index (κ3) is 1.83. The van der Waals surface area contributed by atoms with Crippen LogP contribution in [0.1, 0.15) is 23.3 Å². The number of nitrogens with two attached hydrogens (primary N) is 1. The predicted molar refractivity (Wildman–Crippen MR) is 61.9 cm³/mol. The molecular weight excluding hydrogens is 247 g/mol. The van der Waals surface area contributed by atoms with Crippen molar-refractivity contribution >= 4 is 21.4 Å². The van der Waals surface area contributed by atoms with Crippen LogP contribution in [0, 0.1) is 0 Å². The Hall–Kier alpha value is -1.07. The van der Waals surface area contributed by atoms with Crippen LogP contribution < -0.4 is 5.73 Å². The first-order chi connectivity index (χ1) is 7.88. The molecular formula is C12H10F3NS. The highest BCUT2D eigenvalue weighted by atomic mass is 32.1. The first-order valence-corrected chi connectivity index (χ1v) is 6.10. The highest BCUT2D eigenvalue weighted by molar-refractivity contribution is 7.19. The van der Waals surface area contributed by atoms with Crippen LogP contribution in [0.3, 0.4) is 0 Å². The van der Waals surface area contributed by atoms with Crippen molar-refractivity contribution < 1.29 is 13.2 Å². The van der Waals surface area contributed by atoms with Crippen molar-refractivity contribution in [3.05, 3.63) is 34.7 Å². The maximum atomic E-state index is 12.6. The highest BCUT2D eigenvalue weighted by Gasteiger charge is 2.40. The Morgan fingerprint density at radius 3 is 2.47 bits per heavy atom. The van der Waals surface area contributed by atoms with Gasteiger partial charge in [0.05, 0.1) is 0 Å². The molecule has 0 amide bonds. The van der Waals surface area contributed by atoms with Crippen LogP contribution in [0.15, 0.2) is 24.3 Å². The minimum absolute atomic E-state index is 0.297. The molecule has 1 aliphatic carbocycles. The summed E-state index contributed by atoms with van der Waals surface area (Å²) in [5.74, 6) is 0. The van der Waals surface area contributed by atoms with E-state index >= 15 is 0 Å². The van der Waals surface area contributed by atoms with Crippen LogP contribution >= 0.6 is 11.3 Å². The summed E-state index contributed by atoms with van der Waals surface area (Å²) in [4.78, 5) is -0.550. The van der Waals surface area contributed by atoms with Gasteiger partial charge in [-0.25, -0.2) is 0 Å². The van der Waals surface area contributed by atoms with Crippen molar-refractivity contribution in [2.45, 2.75) is 24.6 Å². The lowest BCUT2D eigenvalue weighted by Gasteiger charge is -2.08. The van der Waals surface area contributed by atoms with Crippen LogP contribution in [0.2, 0.25) is 0 Å². The van der Waals surface area contributed by atoms with E-state index in [0.717, 1.165) is 29.7 Å². The summed E-state index contributed by atoms with van der Waals surface area (Å²) >= 11 is 0.778. The fourth-order valence-corrected chi connectivity index (χ4v) is 2.83. The van der Waals surface area contributed by atoms with Gasteiger partial charge in [0.25, 0.3) is 0 Å². The lowest BCUT2D eigenvalue weighted by atomic mass is 10.0. The van der Waals surface area contributed by atoms with E-state index in [2.05, 4.69) is 0 Å². The minimum Gasteiger partial charge on any atom is -0.321 e. The molecule has 2 N–H and O–H groups in total. The quantitative estimate of drug-likeness (QED) is 0.824. The number of halogens is 3. The molecule has 0 atom stereocenters. The maximum absolute atomic E-state index is 12.6. The molecule has 0 radical (unpaired) electrons. The Labute approximate surface area is 100 Å². The van der Waals surface area contributed by atoms with Gasteiger partial charge in [0, 0.05) is 10.2 Å². The van der Waals surface area contributed by atoms with Crippen molar-refractivity contribution in [1.82, 2.24) is 0 Å². The molecule has 0 bridgehead atoms. The van der Waals surface area contributed by atoms with Gasteiger partial charge in [-0.1, -0.05) is 6.07 Å². The SMILES string of the molecule is NC1(c2ccc3sc(C(F)(F)F)cc3c2)CC1. The Bertz CT molecular complexity index is 578. The van der Waals surface area contributed by atoms with Gasteiger partial charge in [-0.15, -0.1) is 11.3 Å². The first-order valence-electron chi connectivity index (χ1n) is 5.29. The number of hydrogen-bond acceptors (Lipinski definition) is 2. The van der Waals surface area contributed by atoms with Gasteiger partial charge in [0.15, 0.2) is 0 Å². The summed E-state index contributed by atoms with van der Waals surface area (Å²) in [7, 11) is 0. The van der Waals surface area contributed by atoms with E-state index in [1.54, 1.807) is 12.1 Å². The monoisotopic (exact) mass is 257 g/mol. The molecule has 3 rings (SSSR count). The van der Waals surface area contributed by atoms with E-state index in [1.165, 1.54) is 6.07 Å². The summed E-state index contributed by atoms with van der Waals surface area (Å²) in [6.45, 7) is 0. The van der Waals surface area contributed by atoms with Gasteiger partial charge < -0.3 is 5.73 Å². The molecule has 1 aromatic heterocycles. The summed E-state index contributed by atoms with van der Waals surface area (Å²) in [6, 6.07) is 6.56. The Morgan fingerprint density at radius 1 is 1.18 bits per heavy atom. The summed E-state index contributed by atoms with van der Waals surface area (Å²) in [6.07, 6.45) is -2.44. The number of fused-ring (bicyclic) bond motifs is 1. The normalized spacial score (nSPS) is 18.6. The summed E-state index contributed by atoms with van der Waals surface area (Å²) in [5.41, 5.74) is 6.68. The first kappa shape index (κ1) is 11.0. The molecule has 1 fully saturated rings. The number of alkyl halides is 3. The fraction of sp³-hybridized carbons (Fsp3) is 0.333. The maximum Gasteiger partial charge on any atom is 0.425 e. The molecule has 1 aliphatic rings. The van der Waals surface area contributed by atoms with Crippen molar-refractivity contribution in [2.75, 3.05) is 0 Å². The van der Waals surface area contributed by atoms with E-state index in [4.69, 9.17) is 5.73 Å². The van der Waals surface area contributed by atoms with Gasteiger partial charge in [-0.05, 0) is 42.0 Å². The van der Waals surface area contributed by atoms with E-state index in [1.807, 2.05) is 6.07 Å². The average Bonchev–Trinajstić information content (AvgIpc) is 2.85. The van der Waals surface area contributed by atoms with E-state index < -0.39 is 11.1 Å². The number of hydrogen-bond donors (Lipinski definition) is 1. The lowest BCUT2D eigenvalue weighted by molar-refractivity contribution is -0.134. The van der Waals surface area contributed by atoms with Crippen LogP contribution in [0.25, 0.3) is 10.1 Å². The smallest absolute Gasteiger partial charge is 0.321 e. The van der Waals surface area contributed by atoms with E-state index in [-0.39, 0.29) is 5.54 Å². The molecule has 0 unspecified atom stereocenters. The largest absolute Gasteiger partial charge is 0.425 e. The second kappa shape index (κ2) is 3.23. The molecule has 17 heavy (non-hydrogen) atoms. The van der Waals surface area contributed by atoms with Crippen LogP contribution in [-0.2, 0) is 11.7 Å². The molecule has 1 saturated carbocycles. The lowest BCUT2D eigenvalue weighted by Crippen LogP contribution is -2.18. The Balaban J connectivity index is 2.11. The van der Waals surface area contributed by atoms with Crippen LogP contribution in [0.5, 0.6) is 0 Å². The molecule has 90 valence electrons. The second-order valence-corrected chi connectivity index (χ2v) is 5.60. The number of benzene rings is 1. The van der Waals surface area contributed by atoms with Gasteiger partial charge in [0.2, 0.25) is 0 Å². The molecule has 1 heterocycles. The third-order valence-corrected chi connectivity index (χ3v) is 4.32. The molecule has 5 heteroatoms. The molecule has 2 aromatic rings. The van der Waals surface area contributed by atoms with Crippen LogP contribution in [-0.4, -0.2) is 0 Å².